The van der Waals surface area contributed by atoms with Gasteiger partial charge in [-0.2, -0.15) is 0 Å². The second-order valence-corrected chi connectivity index (χ2v) is 4.53. The average Bonchev–Trinajstić information content (AvgIpc) is 2.32. The van der Waals surface area contributed by atoms with Crippen LogP contribution in [0.15, 0.2) is 48.1 Å². The smallest absolute Gasteiger partial charge is 0.348 e. The van der Waals surface area contributed by atoms with E-state index >= 15 is 0 Å². The molecule has 1 aromatic carbocycles. The predicted molar refractivity (Wildman–Crippen MR) is 69.8 cm³/mol. The number of allylic oxidation sites excluding steroid dienone is 2. The molecule has 0 saturated carbocycles. The predicted octanol–water partition coefficient (Wildman–Crippen LogP) is 2.46. The maximum absolute atomic E-state index is 11.6. The minimum absolute atomic E-state index is 0.105. The lowest BCUT2D eigenvalue weighted by atomic mass is 10.1. The first-order valence-corrected chi connectivity index (χ1v) is 5.88. The van der Waals surface area contributed by atoms with Crippen LogP contribution in [0.1, 0.15) is 19.4 Å². The van der Waals surface area contributed by atoms with Gasteiger partial charge in [-0.15, -0.1) is 0 Å². The van der Waals surface area contributed by atoms with Gasteiger partial charge in [0.15, 0.2) is 0 Å². The Balaban J connectivity index is 2.14. The third-order valence-corrected chi connectivity index (χ3v) is 2.47. The van der Waals surface area contributed by atoms with E-state index in [9.17, 15) is 9.59 Å². The Morgan fingerprint density at radius 3 is 2.16 bits per heavy atom. The van der Waals surface area contributed by atoms with Gasteiger partial charge in [-0.05, 0) is 11.6 Å². The van der Waals surface area contributed by atoms with Crippen LogP contribution in [-0.2, 0) is 19.1 Å². The molecule has 1 heterocycles. The van der Waals surface area contributed by atoms with Crippen molar-refractivity contribution < 1.29 is 19.1 Å². The van der Waals surface area contributed by atoms with Crippen LogP contribution in [-0.4, -0.2) is 17.7 Å². The molecule has 98 valence electrons. The highest BCUT2D eigenvalue weighted by atomic mass is 16.7. The summed E-state index contributed by atoms with van der Waals surface area (Å²) in [5.41, 5.74) is 0.865. The van der Waals surface area contributed by atoms with Crippen molar-refractivity contribution in [2.75, 3.05) is 0 Å². The van der Waals surface area contributed by atoms with Gasteiger partial charge >= 0.3 is 11.9 Å². The molecule has 0 spiro atoms. The Labute approximate surface area is 111 Å². The fraction of sp³-hybridized carbons (Fsp3) is 0.200. The van der Waals surface area contributed by atoms with E-state index < -0.39 is 17.7 Å². The van der Waals surface area contributed by atoms with Gasteiger partial charge in [-0.25, -0.2) is 9.59 Å². The van der Waals surface area contributed by atoms with E-state index in [0.29, 0.717) is 0 Å². The molecule has 1 fully saturated rings. The summed E-state index contributed by atoms with van der Waals surface area (Å²) in [7, 11) is 0. The Morgan fingerprint density at radius 2 is 1.58 bits per heavy atom. The van der Waals surface area contributed by atoms with E-state index in [0.717, 1.165) is 5.56 Å². The highest BCUT2D eigenvalue weighted by Crippen LogP contribution is 2.22. The zero-order valence-corrected chi connectivity index (χ0v) is 10.8. The van der Waals surface area contributed by atoms with Crippen molar-refractivity contribution in [3.8, 4) is 0 Å². The Kier molecular flexibility index (Phi) is 3.51. The fourth-order valence-corrected chi connectivity index (χ4v) is 1.62. The molecule has 4 nitrogen and oxygen atoms in total. The van der Waals surface area contributed by atoms with E-state index in [1.165, 1.54) is 19.9 Å². The van der Waals surface area contributed by atoms with Crippen LogP contribution in [0.5, 0.6) is 0 Å². The van der Waals surface area contributed by atoms with Crippen molar-refractivity contribution in [1.82, 2.24) is 0 Å². The summed E-state index contributed by atoms with van der Waals surface area (Å²) >= 11 is 0. The Morgan fingerprint density at radius 1 is 1.00 bits per heavy atom. The summed E-state index contributed by atoms with van der Waals surface area (Å²) in [6.07, 6.45) is 4.80. The topological polar surface area (TPSA) is 52.6 Å². The average molecular weight is 258 g/mol. The third-order valence-electron chi connectivity index (χ3n) is 2.47. The normalized spacial score (nSPS) is 18.1. The molecule has 2 rings (SSSR count). The molecule has 0 atom stereocenters. The zero-order chi connectivity index (χ0) is 13.9. The van der Waals surface area contributed by atoms with Crippen molar-refractivity contribution in [2.24, 2.45) is 0 Å². The van der Waals surface area contributed by atoms with E-state index in [4.69, 9.17) is 9.47 Å². The van der Waals surface area contributed by atoms with Gasteiger partial charge in [0.2, 0.25) is 0 Å². The number of esters is 2. The monoisotopic (exact) mass is 258 g/mol. The van der Waals surface area contributed by atoms with Crippen molar-refractivity contribution in [3.05, 3.63) is 53.6 Å². The zero-order valence-electron chi connectivity index (χ0n) is 10.8. The van der Waals surface area contributed by atoms with Crippen molar-refractivity contribution in [2.45, 2.75) is 19.6 Å². The first kappa shape index (κ1) is 13.1. The summed E-state index contributed by atoms with van der Waals surface area (Å²) in [6.45, 7) is 3.03. The summed E-state index contributed by atoms with van der Waals surface area (Å²) in [5, 5.41) is 0. The summed E-state index contributed by atoms with van der Waals surface area (Å²) < 4.78 is 9.95. The minimum Gasteiger partial charge on any atom is -0.419 e. The van der Waals surface area contributed by atoms with E-state index in [-0.39, 0.29) is 5.57 Å². The number of cyclic esters (lactones) is 2. The third kappa shape index (κ3) is 3.31. The number of rotatable bonds is 2. The first-order chi connectivity index (χ1) is 8.98. The summed E-state index contributed by atoms with van der Waals surface area (Å²) in [5.74, 6) is -2.54. The van der Waals surface area contributed by atoms with Crippen LogP contribution in [0, 0.1) is 0 Å². The van der Waals surface area contributed by atoms with Gasteiger partial charge in [0.25, 0.3) is 5.79 Å². The molecule has 1 aromatic rings. The SMILES string of the molecule is CC1(C)OC(=O)C(=C/C=C/c2ccccc2)C(=O)O1. The highest BCUT2D eigenvalue weighted by Gasteiger charge is 2.38. The number of hydrogen-bond donors (Lipinski definition) is 0. The molecule has 0 amide bonds. The van der Waals surface area contributed by atoms with Crippen LogP contribution in [0.25, 0.3) is 6.08 Å². The molecule has 0 bridgehead atoms. The number of hydrogen-bond acceptors (Lipinski definition) is 4. The van der Waals surface area contributed by atoms with Crippen molar-refractivity contribution in [1.29, 1.82) is 0 Å². The van der Waals surface area contributed by atoms with Crippen LogP contribution >= 0.6 is 0 Å². The van der Waals surface area contributed by atoms with E-state index in [1.807, 2.05) is 30.3 Å². The molecule has 0 aromatic heterocycles. The number of benzene rings is 1. The molecule has 1 aliphatic heterocycles. The molecular weight excluding hydrogens is 244 g/mol. The van der Waals surface area contributed by atoms with E-state index in [1.54, 1.807) is 12.2 Å². The maximum atomic E-state index is 11.6. The fourth-order valence-electron chi connectivity index (χ4n) is 1.62. The van der Waals surface area contributed by atoms with Gasteiger partial charge in [0.05, 0.1) is 0 Å². The second-order valence-electron chi connectivity index (χ2n) is 4.53. The van der Waals surface area contributed by atoms with Crippen LogP contribution in [0.3, 0.4) is 0 Å². The Hall–Kier alpha value is -2.36. The lowest BCUT2D eigenvalue weighted by molar-refractivity contribution is -0.222. The van der Waals surface area contributed by atoms with Crippen molar-refractivity contribution in [3.63, 3.8) is 0 Å². The van der Waals surface area contributed by atoms with Gasteiger partial charge in [0.1, 0.15) is 5.57 Å². The lowest BCUT2D eigenvalue weighted by Gasteiger charge is -2.29. The number of carbonyl (C=O) groups is 2. The van der Waals surface area contributed by atoms with Crippen LogP contribution in [0.2, 0.25) is 0 Å². The van der Waals surface area contributed by atoms with Crippen LogP contribution < -0.4 is 0 Å². The lowest BCUT2D eigenvalue weighted by Crippen LogP contribution is -2.41. The molecule has 1 saturated heterocycles. The second kappa shape index (κ2) is 5.10. The van der Waals surface area contributed by atoms with E-state index in [2.05, 4.69) is 0 Å². The maximum Gasteiger partial charge on any atom is 0.348 e. The molecule has 0 unspecified atom stereocenters. The van der Waals surface area contributed by atoms with Crippen molar-refractivity contribution >= 4 is 18.0 Å². The van der Waals surface area contributed by atoms with Gasteiger partial charge in [-0.1, -0.05) is 42.5 Å². The minimum atomic E-state index is -1.20. The quantitative estimate of drug-likeness (QED) is 0.464. The summed E-state index contributed by atoms with van der Waals surface area (Å²) in [4.78, 5) is 23.3. The number of ether oxygens (including phenoxy) is 2. The molecule has 0 aliphatic carbocycles. The molecule has 0 N–H and O–H groups in total. The Bertz CT molecular complexity index is 531. The summed E-state index contributed by atoms with van der Waals surface area (Å²) in [6, 6.07) is 9.54. The molecular formula is C15H14O4. The van der Waals surface area contributed by atoms with Gasteiger partial charge in [-0.3, -0.25) is 0 Å². The standard InChI is InChI=1S/C15H14O4/c1-15(2)18-13(16)12(14(17)19-15)10-6-9-11-7-4-3-5-8-11/h3-10H,1-2H3/b9-6+. The highest BCUT2D eigenvalue weighted by molar-refractivity contribution is 6.15. The van der Waals surface area contributed by atoms with Gasteiger partial charge < -0.3 is 9.47 Å². The molecule has 1 aliphatic rings. The molecule has 0 radical (unpaired) electrons. The first-order valence-electron chi connectivity index (χ1n) is 5.88. The molecule has 19 heavy (non-hydrogen) atoms. The van der Waals surface area contributed by atoms with Gasteiger partial charge in [0, 0.05) is 13.8 Å². The largest absolute Gasteiger partial charge is 0.419 e. The van der Waals surface area contributed by atoms with Crippen LogP contribution in [0.4, 0.5) is 0 Å². The number of carbonyl (C=O) groups excluding carboxylic acids is 2. The molecule has 4 heteroatoms.